The second kappa shape index (κ2) is 7.88. The summed E-state index contributed by atoms with van der Waals surface area (Å²) in [6.45, 7) is 2.55. The first-order valence-corrected chi connectivity index (χ1v) is 11.0. The summed E-state index contributed by atoms with van der Waals surface area (Å²) in [5.74, 6) is 1.00. The van der Waals surface area contributed by atoms with Crippen molar-refractivity contribution in [3.63, 3.8) is 0 Å². The highest BCUT2D eigenvalue weighted by atomic mass is 35.5. The largest absolute Gasteiger partial charge is 0.352 e. The lowest BCUT2D eigenvalue weighted by atomic mass is 9.77. The molecule has 30 heavy (non-hydrogen) atoms. The number of hydrogen-bond acceptors (Lipinski definition) is 3. The Balaban J connectivity index is 1.52. The Kier molecular flexibility index (Phi) is 5.07. The van der Waals surface area contributed by atoms with Gasteiger partial charge in [0.2, 0.25) is 5.91 Å². The molecule has 0 atom stereocenters. The van der Waals surface area contributed by atoms with Crippen LogP contribution in [0, 0.1) is 5.92 Å². The summed E-state index contributed by atoms with van der Waals surface area (Å²) in [4.78, 5) is 17.6. The maximum absolute atomic E-state index is 12.3. The number of H-pyrrole nitrogens is 1. The van der Waals surface area contributed by atoms with Gasteiger partial charge in [-0.15, -0.1) is 0 Å². The van der Waals surface area contributed by atoms with Gasteiger partial charge in [0.1, 0.15) is 0 Å². The minimum atomic E-state index is 0.00139. The van der Waals surface area contributed by atoms with Gasteiger partial charge in [-0.05, 0) is 49.3 Å². The lowest BCUT2D eigenvalue weighted by Crippen LogP contribution is -2.32. The molecule has 5 nitrogen and oxygen atoms in total. The zero-order chi connectivity index (χ0) is 20.7. The predicted octanol–water partition coefficient (Wildman–Crippen LogP) is 4.33. The molecule has 2 aliphatic heterocycles. The molecule has 0 radical (unpaired) electrons. The number of allylic oxidation sites excluding steroid dienone is 1. The lowest BCUT2D eigenvalue weighted by molar-refractivity contribution is -0.116. The van der Waals surface area contributed by atoms with E-state index < -0.39 is 0 Å². The van der Waals surface area contributed by atoms with Gasteiger partial charge in [-0.1, -0.05) is 41.9 Å². The van der Waals surface area contributed by atoms with E-state index in [1.807, 2.05) is 12.2 Å². The Morgan fingerprint density at radius 1 is 1.13 bits per heavy atom. The van der Waals surface area contributed by atoms with Crippen molar-refractivity contribution in [2.24, 2.45) is 16.1 Å². The maximum atomic E-state index is 12.3. The van der Waals surface area contributed by atoms with Crippen LogP contribution in [0.1, 0.15) is 49.7 Å². The van der Waals surface area contributed by atoms with Gasteiger partial charge in [-0.3, -0.25) is 4.79 Å². The highest BCUT2D eigenvalue weighted by Gasteiger charge is 2.29. The summed E-state index contributed by atoms with van der Waals surface area (Å²) in [6, 6.07) is 10.8. The Morgan fingerprint density at radius 3 is 2.60 bits per heavy atom. The number of carbonyl (C=O) groups excluding carboxylic acids is 1. The number of nitrogens with zero attached hydrogens (tertiary/aromatic N) is 3. The van der Waals surface area contributed by atoms with Crippen LogP contribution in [0.3, 0.4) is 0 Å². The Bertz CT molecular complexity index is 1150. The monoisotopic (exact) mass is 420 g/mol. The van der Waals surface area contributed by atoms with Gasteiger partial charge in [0, 0.05) is 30.0 Å². The fraction of sp³-hybridized carbons (Fsp3) is 0.375. The van der Waals surface area contributed by atoms with Gasteiger partial charge in [0.05, 0.1) is 28.6 Å². The van der Waals surface area contributed by atoms with Crippen molar-refractivity contribution in [3.05, 3.63) is 63.3 Å². The van der Waals surface area contributed by atoms with Gasteiger partial charge in [-0.25, -0.2) is 0 Å². The molecule has 1 N–H and O–H groups in total. The number of azo groups is 1. The first-order valence-electron chi connectivity index (χ1n) is 10.6. The second-order valence-corrected chi connectivity index (χ2v) is 8.78. The Morgan fingerprint density at radius 2 is 1.87 bits per heavy atom. The zero-order valence-electron chi connectivity index (χ0n) is 17.1. The first-order chi connectivity index (χ1) is 14.6. The molecule has 1 fully saturated rings. The van der Waals surface area contributed by atoms with Crippen molar-refractivity contribution in [1.29, 1.82) is 0 Å². The van der Waals surface area contributed by atoms with Crippen LogP contribution in [0.5, 0.6) is 0 Å². The first kappa shape index (κ1) is 19.3. The molecular weight excluding hydrogens is 396 g/mol. The number of nitrogens with one attached hydrogen (secondary N) is 1. The summed E-state index contributed by atoms with van der Waals surface area (Å²) in [5.41, 5.74) is 4.43. The van der Waals surface area contributed by atoms with Crippen molar-refractivity contribution >= 4 is 35.0 Å². The normalized spacial score (nSPS) is 23.2. The van der Waals surface area contributed by atoms with Crippen molar-refractivity contribution in [3.8, 4) is 0 Å². The van der Waals surface area contributed by atoms with Crippen LogP contribution in [0.2, 0.25) is 0 Å². The van der Waals surface area contributed by atoms with Crippen molar-refractivity contribution in [2.75, 3.05) is 11.4 Å². The fourth-order valence-corrected chi connectivity index (χ4v) is 5.21. The van der Waals surface area contributed by atoms with Crippen LogP contribution >= 0.6 is 11.6 Å². The van der Waals surface area contributed by atoms with Crippen molar-refractivity contribution in [1.82, 2.24) is 4.98 Å². The molecule has 1 aliphatic carbocycles. The average Bonchev–Trinajstić information content (AvgIpc) is 3.03. The van der Waals surface area contributed by atoms with Gasteiger partial charge >= 0.3 is 0 Å². The van der Waals surface area contributed by atoms with E-state index in [-0.39, 0.29) is 5.91 Å². The summed E-state index contributed by atoms with van der Waals surface area (Å²) >= 11 is 6.34. The number of amides is 1. The molecule has 3 aliphatic rings. The minimum Gasteiger partial charge on any atom is -0.352 e. The van der Waals surface area contributed by atoms with E-state index in [2.05, 4.69) is 45.5 Å². The summed E-state index contributed by atoms with van der Waals surface area (Å²) in [6.07, 6.45) is 8.27. The van der Waals surface area contributed by atoms with E-state index in [4.69, 9.17) is 11.6 Å². The van der Waals surface area contributed by atoms with Crippen LogP contribution in [0.15, 0.2) is 51.7 Å². The Labute approximate surface area is 180 Å². The second-order valence-electron chi connectivity index (χ2n) is 8.35. The number of hydrogen-bond donors (Lipinski definition) is 1. The number of anilines is 1. The number of aromatic amines is 1. The predicted molar refractivity (Wildman–Crippen MR) is 120 cm³/mol. The number of aromatic nitrogens is 1. The Hall–Kier alpha value is -2.66. The molecule has 1 saturated carbocycles. The summed E-state index contributed by atoms with van der Waals surface area (Å²) < 4.78 is 0. The molecule has 0 saturated heterocycles. The molecule has 5 rings (SSSR count). The van der Waals surface area contributed by atoms with Gasteiger partial charge in [-0.2, -0.15) is 10.2 Å². The number of halogens is 1. The number of carbonyl (C=O) groups is 1. The van der Waals surface area contributed by atoms with Gasteiger partial charge < -0.3 is 9.88 Å². The topological polar surface area (TPSA) is 60.8 Å². The SMILES string of the molecule is CC(=O)N1CC=C(Cl)C=c2[nH]c3c(c21)CN=NC=3C1CCC(c2ccccc2)CC1. The zero-order valence-corrected chi connectivity index (χ0v) is 17.8. The van der Waals surface area contributed by atoms with Gasteiger partial charge in [0.25, 0.3) is 0 Å². The average molecular weight is 421 g/mol. The van der Waals surface area contributed by atoms with Crippen LogP contribution in [0.25, 0.3) is 11.8 Å². The third-order valence-electron chi connectivity index (χ3n) is 6.55. The molecule has 0 bridgehead atoms. The molecule has 0 unspecified atom stereocenters. The molecular formula is C24H25ClN4O. The molecule has 154 valence electrons. The highest BCUT2D eigenvalue weighted by Crippen LogP contribution is 2.40. The van der Waals surface area contributed by atoms with E-state index in [0.29, 0.717) is 30.0 Å². The molecule has 1 aromatic carbocycles. The smallest absolute Gasteiger partial charge is 0.224 e. The summed E-state index contributed by atoms with van der Waals surface area (Å²) in [7, 11) is 0. The van der Waals surface area contributed by atoms with Crippen molar-refractivity contribution in [2.45, 2.75) is 45.1 Å². The number of rotatable bonds is 2. The van der Waals surface area contributed by atoms with Gasteiger partial charge in [0.15, 0.2) is 0 Å². The van der Waals surface area contributed by atoms with E-state index in [1.54, 1.807) is 11.8 Å². The fourth-order valence-electron chi connectivity index (χ4n) is 5.03. The number of benzene rings is 1. The van der Waals surface area contributed by atoms with Crippen molar-refractivity contribution < 1.29 is 4.79 Å². The van der Waals surface area contributed by atoms with E-state index in [0.717, 1.165) is 53.3 Å². The quantitative estimate of drug-likeness (QED) is 0.772. The molecule has 1 aromatic heterocycles. The van der Waals surface area contributed by atoms with Crippen LogP contribution < -0.4 is 15.6 Å². The van der Waals surface area contributed by atoms with Crippen LogP contribution in [0.4, 0.5) is 5.69 Å². The highest BCUT2D eigenvalue weighted by molar-refractivity contribution is 6.34. The third kappa shape index (κ3) is 3.41. The standard InChI is InChI=1S/C24H25ClN4O/c1-15(30)29-12-11-19(25)13-21-24(29)20-14-26-28-22(23(20)27-21)18-9-7-17(8-10-18)16-5-3-2-4-6-16/h2-6,11,13,17-18,27H,7-10,12,14H2,1H3. The number of fused-ring (bicyclic) bond motifs is 3. The van der Waals surface area contributed by atoms with Crippen LogP contribution in [-0.4, -0.2) is 17.4 Å². The van der Waals surface area contributed by atoms with Crippen LogP contribution in [-0.2, 0) is 11.3 Å². The molecule has 0 spiro atoms. The molecule has 3 heterocycles. The lowest BCUT2D eigenvalue weighted by Gasteiger charge is -2.29. The minimum absolute atomic E-state index is 0.00139. The van der Waals surface area contributed by atoms with E-state index >= 15 is 0 Å². The molecule has 2 aromatic rings. The van der Waals surface area contributed by atoms with E-state index in [1.165, 1.54) is 5.56 Å². The maximum Gasteiger partial charge on any atom is 0.224 e. The molecule has 1 amide bonds. The van der Waals surface area contributed by atoms with E-state index in [9.17, 15) is 4.79 Å². The molecule has 6 heteroatoms. The third-order valence-corrected chi connectivity index (χ3v) is 6.82. The summed E-state index contributed by atoms with van der Waals surface area (Å²) in [5, 5.41) is 11.6.